The number of hydrogen-bond donors (Lipinski definition) is 1. The van der Waals surface area contributed by atoms with E-state index >= 15 is 0 Å². The highest BCUT2D eigenvalue weighted by atomic mass is 32.2. The van der Waals surface area contributed by atoms with Gasteiger partial charge in [0.1, 0.15) is 5.82 Å². The first kappa shape index (κ1) is 16.5. The first-order valence-electron chi connectivity index (χ1n) is 8.00. The van der Waals surface area contributed by atoms with Gasteiger partial charge in [-0.1, -0.05) is 29.5 Å². The lowest BCUT2D eigenvalue weighted by Gasteiger charge is -1.97. The lowest BCUT2D eigenvalue weighted by molar-refractivity contribution is 0.528. The molecule has 4 rings (SSSR count). The summed E-state index contributed by atoms with van der Waals surface area (Å²) in [5, 5.41) is 8.91. The molecule has 0 atom stereocenters. The molecule has 2 aromatic carbocycles. The molecule has 2 aromatic heterocycles. The van der Waals surface area contributed by atoms with Crippen LogP contribution >= 0.6 is 11.8 Å². The molecule has 0 spiro atoms. The zero-order valence-corrected chi connectivity index (χ0v) is 14.8. The van der Waals surface area contributed by atoms with Gasteiger partial charge < -0.3 is 9.40 Å². The van der Waals surface area contributed by atoms with Crippen molar-refractivity contribution in [2.75, 3.05) is 0 Å². The van der Waals surface area contributed by atoms with Crippen molar-refractivity contribution < 1.29 is 8.81 Å². The van der Waals surface area contributed by atoms with Crippen molar-refractivity contribution in [3.63, 3.8) is 0 Å². The number of rotatable bonds is 5. The van der Waals surface area contributed by atoms with E-state index in [9.17, 15) is 4.39 Å². The fourth-order valence-corrected chi connectivity index (χ4v) is 3.09. The normalized spacial score (nSPS) is 11.0. The van der Waals surface area contributed by atoms with Crippen LogP contribution in [0.15, 0.2) is 64.3 Å². The molecule has 0 saturated heterocycles. The summed E-state index contributed by atoms with van der Waals surface area (Å²) < 4.78 is 18.7. The average Bonchev–Trinajstić information content (AvgIpc) is 3.31. The number of benzene rings is 2. The zero-order chi connectivity index (χ0) is 17.9. The van der Waals surface area contributed by atoms with Crippen molar-refractivity contribution in [3.8, 4) is 22.7 Å². The summed E-state index contributed by atoms with van der Waals surface area (Å²) in [6, 6.07) is 14.2. The van der Waals surface area contributed by atoms with E-state index in [4.69, 9.17) is 4.42 Å². The van der Waals surface area contributed by atoms with Crippen molar-refractivity contribution in [1.29, 1.82) is 0 Å². The topological polar surface area (TPSA) is 67.6 Å². The number of aromatic nitrogens is 4. The van der Waals surface area contributed by atoms with Crippen LogP contribution in [0.1, 0.15) is 11.5 Å². The quantitative estimate of drug-likeness (QED) is 0.511. The minimum Gasteiger partial charge on any atom is -0.420 e. The van der Waals surface area contributed by atoms with Crippen LogP contribution in [0.3, 0.4) is 0 Å². The van der Waals surface area contributed by atoms with Crippen LogP contribution in [0.2, 0.25) is 0 Å². The van der Waals surface area contributed by atoms with Gasteiger partial charge in [0.25, 0.3) is 0 Å². The number of imidazole rings is 1. The SMILES string of the molecule is Cc1ccc(-c2nnc(CSc3ncc(-c4ccc(F)cc4)[nH]3)o2)cc1. The van der Waals surface area contributed by atoms with E-state index in [2.05, 4.69) is 20.2 Å². The Morgan fingerprint density at radius 2 is 1.73 bits per heavy atom. The third-order valence-electron chi connectivity index (χ3n) is 3.81. The number of hydrogen-bond acceptors (Lipinski definition) is 5. The molecule has 0 amide bonds. The lowest BCUT2D eigenvalue weighted by atomic mass is 10.1. The number of nitrogens with one attached hydrogen (secondary N) is 1. The molecular formula is C19H15FN4OS. The van der Waals surface area contributed by atoms with Crippen LogP contribution in [-0.4, -0.2) is 20.2 Å². The van der Waals surface area contributed by atoms with Gasteiger partial charge in [-0.25, -0.2) is 9.37 Å². The molecule has 0 aliphatic carbocycles. The molecule has 0 aliphatic rings. The van der Waals surface area contributed by atoms with Gasteiger partial charge >= 0.3 is 0 Å². The first-order valence-corrected chi connectivity index (χ1v) is 8.99. The van der Waals surface area contributed by atoms with E-state index in [-0.39, 0.29) is 5.82 Å². The summed E-state index contributed by atoms with van der Waals surface area (Å²) in [6.07, 6.45) is 1.72. The summed E-state index contributed by atoms with van der Waals surface area (Å²) in [5.41, 5.74) is 3.79. The second kappa shape index (κ2) is 7.13. The molecule has 0 fully saturated rings. The van der Waals surface area contributed by atoms with Crippen LogP contribution in [0, 0.1) is 12.7 Å². The van der Waals surface area contributed by atoms with Crippen LogP contribution in [0.5, 0.6) is 0 Å². The Morgan fingerprint density at radius 3 is 2.50 bits per heavy atom. The Morgan fingerprint density at radius 1 is 1.00 bits per heavy atom. The predicted octanol–water partition coefficient (Wildman–Crippen LogP) is 4.87. The average molecular weight is 366 g/mol. The summed E-state index contributed by atoms with van der Waals surface area (Å²) >= 11 is 1.47. The second-order valence-electron chi connectivity index (χ2n) is 5.76. The molecule has 0 saturated carbocycles. The van der Waals surface area contributed by atoms with E-state index in [0.29, 0.717) is 17.5 Å². The van der Waals surface area contributed by atoms with Crippen LogP contribution in [0.25, 0.3) is 22.7 Å². The van der Waals surface area contributed by atoms with Crippen molar-refractivity contribution in [2.24, 2.45) is 0 Å². The van der Waals surface area contributed by atoms with Gasteiger partial charge in [0.05, 0.1) is 17.6 Å². The molecule has 1 N–H and O–H groups in total. The molecule has 0 bridgehead atoms. The minimum atomic E-state index is -0.261. The van der Waals surface area contributed by atoms with E-state index in [0.717, 1.165) is 22.0 Å². The van der Waals surface area contributed by atoms with Crippen molar-refractivity contribution in [3.05, 3.63) is 72.0 Å². The van der Waals surface area contributed by atoms with Gasteiger partial charge in [-0.2, -0.15) is 0 Å². The Bertz CT molecular complexity index is 925. The molecule has 4 aromatic rings. The number of H-pyrrole nitrogens is 1. The Kier molecular flexibility index (Phi) is 4.53. The standard InChI is InChI=1S/C19H15FN4OS/c1-12-2-4-14(5-3-12)18-24-23-17(25-18)11-26-19-21-10-16(22-19)13-6-8-15(20)9-7-13/h2-10H,11H2,1H3,(H,21,22). The van der Waals surface area contributed by atoms with E-state index < -0.39 is 0 Å². The van der Waals surface area contributed by atoms with Gasteiger partial charge in [0.15, 0.2) is 5.16 Å². The van der Waals surface area contributed by atoms with Gasteiger partial charge in [0.2, 0.25) is 11.8 Å². The fourth-order valence-electron chi connectivity index (χ4n) is 2.41. The third-order valence-corrected chi connectivity index (χ3v) is 4.68. The summed E-state index contributed by atoms with van der Waals surface area (Å²) in [6.45, 7) is 2.03. The second-order valence-corrected chi connectivity index (χ2v) is 6.73. The molecule has 0 aliphatic heterocycles. The Hall–Kier alpha value is -2.93. The van der Waals surface area contributed by atoms with Crippen LogP contribution in [-0.2, 0) is 5.75 Å². The molecule has 130 valence electrons. The molecular weight excluding hydrogens is 351 g/mol. The van der Waals surface area contributed by atoms with Gasteiger partial charge in [0, 0.05) is 5.56 Å². The van der Waals surface area contributed by atoms with Gasteiger partial charge in [-0.15, -0.1) is 10.2 Å². The van der Waals surface area contributed by atoms with E-state index in [1.54, 1.807) is 18.3 Å². The van der Waals surface area contributed by atoms with Crippen LogP contribution < -0.4 is 0 Å². The monoisotopic (exact) mass is 366 g/mol. The Labute approximate surface area is 153 Å². The van der Waals surface area contributed by atoms with Crippen LogP contribution in [0.4, 0.5) is 4.39 Å². The molecule has 0 unspecified atom stereocenters. The summed E-state index contributed by atoms with van der Waals surface area (Å²) in [7, 11) is 0. The highest BCUT2D eigenvalue weighted by molar-refractivity contribution is 7.98. The number of aromatic amines is 1. The fraction of sp³-hybridized carbons (Fsp3) is 0.105. The smallest absolute Gasteiger partial charge is 0.247 e. The van der Waals surface area contributed by atoms with Crippen molar-refractivity contribution in [1.82, 2.24) is 20.2 Å². The summed E-state index contributed by atoms with van der Waals surface area (Å²) in [5.74, 6) is 1.29. The first-order chi connectivity index (χ1) is 12.7. The number of halogens is 1. The largest absolute Gasteiger partial charge is 0.420 e. The maximum absolute atomic E-state index is 13.0. The number of nitrogens with zero attached hydrogens (tertiary/aromatic N) is 3. The van der Waals surface area contributed by atoms with E-state index in [1.807, 2.05) is 31.2 Å². The predicted molar refractivity (Wildman–Crippen MR) is 98.0 cm³/mol. The summed E-state index contributed by atoms with van der Waals surface area (Å²) in [4.78, 5) is 7.53. The molecule has 2 heterocycles. The highest BCUT2D eigenvalue weighted by Gasteiger charge is 2.10. The zero-order valence-electron chi connectivity index (χ0n) is 13.9. The lowest BCUT2D eigenvalue weighted by Crippen LogP contribution is -1.82. The number of aryl methyl sites for hydroxylation is 1. The Balaban J connectivity index is 1.42. The molecule has 7 heteroatoms. The third kappa shape index (κ3) is 3.67. The van der Waals surface area contributed by atoms with Crippen molar-refractivity contribution >= 4 is 11.8 Å². The maximum Gasteiger partial charge on any atom is 0.247 e. The van der Waals surface area contributed by atoms with Gasteiger partial charge in [-0.05, 0) is 48.9 Å². The maximum atomic E-state index is 13.0. The number of thioether (sulfide) groups is 1. The molecule has 26 heavy (non-hydrogen) atoms. The molecule has 0 radical (unpaired) electrons. The van der Waals surface area contributed by atoms with Crippen molar-refractivity contribution in [2.45, 2.75) is 17.8 Å². The van der Waals surface area contributed by atoms with Gasteiger partial charge in [-0.3, -0.25) is 0 Å². The minimum absolute atomic E-state index is 0.261. The molecule has 5 nitrogen and oxygen atoms in total. The van der Waals surface area contributed by atoms with E-state index in [1.165, 1.54) is 29.5 Å². The highest BCUT2D eigenvalue weighted by Crippen LogP contribution is 2.25.